The number of hydrogen-bond acceptors (Lipinski definition) is 3. The van der Waals surface area contributed by atoms with Crippen molar-refractivity contribution in [2.45, 2.75) is 6.92 Å². The van der Waals surface area contributed by atoms with Crippen LogP contribution in [0, 0.1) is 10.5 Å². The summed E-state index contributed by atoms with van der Waals surface area (Å²) in [5.41, 5.74) is 4.25. The van der Waals surface area contributed by atoms with Gasteiger partial charge in [-0.3, -0.25) is 4.98 Å². The Kier molecular flexibility index (Phi) is 3.96. The van der Waals surface area contributed by atoms with E-state index in [-0.39, 0.29) is 0 Å². The predicted octanol–water partition coefficient (Wildman–Crippen LogP) is 4.90. The van der Waals surface area contributed by atoms with Gasteiger partial charge >= 0.3 is 0 Å². The van der Waals surface area contributed by atoms with E-state index in [4.69, 9.17) is 4.74 Å². The Labute approximate surface area is 137 Å². The third kappa shape index (κ3) is 2.68. The maximum absolute atomic E-state index is 5.40. The molecule has 0 saturated carbocycles. The van der Waals surface area contributed by atoms with E-state index in [0.717, 1.165) is 31.6 Å². The van der Waals surface area contributed by atoms with Crippen LogP contribution in [-0.4, -0.2) is 12.1 Å². The van der Waals surface area contributed by atoms with Crippen LogP contribution in [0.15, 0.2) is 48.7 Å². The van der Waals surface area contributed by atoms with Gasteiger partial charge in [-0.05, 0) is 47.2 Å². The molecule has 2 aromatic carbocycles. The molecule has 1 aromatic heterocycles. The summed E-state index contributed by atoms with van der Waals surface area (Å²) in [6, 6.07) is 14.2. The zero-order valence-corrected chi connectivity index (χ0v) is 14.0. The van der Waals surface area contributed by atoms with Gasteiger partial charge in [0, 0.05) is 17.3 Å². The molecule has 0 bridgehead atoms. The van der Waals surface area contributed by atoms with E-state index in [1.54, 1.807) is 7.11 Å². The molecule has 0 saturated heterocycles. The topological polar surface area (TPSA) is 34.1 Å². The molecule has 4 heteroatoms. The first kappa shape index (κ1) is 14.1. The van der Waals surface area contributed by atoms with Crippen LogP contribution in [-0.2, 0) is 0 Å². The first-order valence-electron chi connectivity index (χ1n) is 6.64. The SMILES string of the molecule is COc1cccc2c(Nc3ccccc3C)c(I)cnc12. The summed E-state index contributed by atoms with van der Waals surface area (Å²) >= 11 is 2.30. The number of para-hydroxylation sites is 2. The van der Waals surface area contributed by atoms with Gasteiger partial charge in [-0.15, -0.1) is 0 Å². The van der Waals surface area contributed by atoms with Gasteiger partial charge in [-0.25, -0.2) is 0 Å². The second-order valence-corrected chi connectivity index (χ2v) is 5.94. The van der Waals surface area contributed by atoms with Crippen molar-refractivity contribution in [2.24, 2.45) is 0 Å². The van der Waals surface area contributed by atoms with E-state index in [0.29, 0.717) is 0 Å². The van der Waals surface area contributed by atoms with Crippen molar-refractivity contribution in [3.8, 4) is 5.75 Å². The fraction of sp³-hybridized carbons (Fsp3) is 0.118. The average Bonchev–Trinajstić information content (AvgIpc) is 2.51. The van der Waals surface area contributed by atoms with Crippen molar-refractivity contribution in [1.29, 1.82) is 0 Å². The molecule has 0 aliphatic heterocycles. The number of anilines is 2. The maximum Gasteiger partial charge on any atom is 0.145 e. The Morgan fingerprint density at radius 2 is 1.90 bits per heavy atom. The number of aromatic nitrogens is 1. The number of nitrogens with one attached hydrogen (secondary N) is 1. The summed E-state index contributed by atoms with van der Waals surface area (Å²) in [7, 11) is 1.67. The van der Waals surface area contributed by atoms with Gasteiger partial charge in [0.15, 0.2) is 0 Å². The minimum atomic E-state index is 0.789. The fourth-order valence-electron chi connectivity index (χ4n) is 2.31. The molecule has 0 unspecified atom stereocenters. The predicted molar refractivity (Wildman–Crippen MR) is 95.5 cm³/mol. The molecular formula is C17H15IN2O. The van der Waals surface area contributed by atoms with Crippen molar-refractivity contribution in [3.05, 3.63) is 57.8 Å². The standard InChI is InChI=1S/C17H15IN2O/c1-11-6-3-4-8-14(11)20-16-12-7-5-9-15(21-2)17(12)19-10-13(16)18/h3-10H,1-2H3,(H,19,20). The molecule has 106 valence electrons. The minimum absolute atomic E-state index is 0.789. The zero-order chi connectivity index (χ0) is 14.8. The van der Waals surface area contributed by atoms with E-state index >= 15 is 0 Å². The van der Waals surface area contributed by atoms with Crippen LogP contribution in [0.5, 0.6) is 5.75 Å². The van der Waals surface area contributed by atoms with Crippen molar-refractivity contribution in [2.75, 3.05) is 12.4 Å². The smallest absolute Gasteiger partial charge is 0.145 e. The highest BCUT2D eigenvalue weighted by Crippen LogP contribution is 2.34. The summed E-state index contributed by atoms with van der Waals surface area (Å²) in [5.74, 6) is 0.789. The Morgan fingerprint density at radius 3 is 2.67 bits per heavy atom. The van der Waals surface area contributed by atoms with Gasteiger partial charge < -0.3 is 10.1 Å². The Morgan fingerprint density at radius 1 is 1.10 bits per heavy atom. The lowest BCUT2D eigenvalue weighted by Gasteiger charge is -2.14. The lowest BCUT2D eigenvalue weighted by atomic mass is 10.1. The van der Waals surface area contributed by atoms with Crippen LogP contribution in [0.3, 0.4) is 0 Å². The largest absolute Gasteiger partial charge is 0.494 e. The summed E-state index contributed by atoms with van der Waals surface area (Å²) < 4.78 is 6.48. The molecule has 1 heterocycles. The molecule has 3 rings (SSSR count). The number of rotatable bonds is 3. The van der Waals surface area contributed by atoms with Gasteiger partial charge in [-0.1, -0.05) is 30.3 Å². The third-order valence-electron chi connectivity index (χ3n) is 3.44. The monoisotopic (exact) mass is 390 g/mol. The molecular weight excluding hydrogens is 375 g/mol. The first-order valence-corrected chi connectivity index (χ1v) is 7.72. The number of hydrogen-bond donors (Lipinski definition) is 1. The highest BCUT2D eigenvalue weighted by Gasteiger charge is 2.11. The summed E-state index contributed by atoms with van der Waals surface area (Å²) in [4.78, 5) is 4.50. The molecule has 21 heavy (non-hydrogen) atoms. The number of halogens is 1. The second-order valence-electron chi connectivity index (χ2n) is 4.78. The normalized spacial score (nSPS) is 10.6. The Hall–Kier alpha value is -1.82. The first-order chi connectivity index (χ1) is 10.2. The molecule has 0 atom stereocenters. The molecule has 0 aliphatic rings. The summed E-state index contributed by atoms with van der Waals surface area (Å²) in [5, 5.41) is 4.59. The lowest BCUT2D eigenvalue weighted by molar-refractivity contribution is 0.419. The van der Waals surface area contributed by atoms with E-state index < -0.39 is 0 Å². The molecule has 0 radical (unpaired) electrons. The molecule has 3 aromatic rings. The second kappa shape index (κ2) is 5.89. The molecule has 0 aliphatic carbocycles. The molecule has 1 N–H and O–H groups in total. The number of pyridine rings is 1. The molecule has 0 amide bonds. The van der Waals surface area contributed by atoms with E-state index in [1.165, 1.54) is 5.56 Å². The van der Waals surface area contributed by atoms with Crippen LogP contribution in [0.25, 0.3) is 10.9 Å². The van der Waals surface area contributed by atoms with Crippen molar-refractivity contribution in [1.82, 2.24) is 4.98 Å². The van der Waals surface area contributed by atoms with E-state index in [2.05, 4.69) is 58.0 Å². The lowest BCUT2D eigenvalue weighted by Crippen LogP contribution is -1.98. The summed E-state index contributed by atoms with van der Waals surface area (Å²) in [6.45, 7) is 2.10. The van der Waals surface area contributed by atoms with Gasteiger partial charge in [0.2, 0.25) is 0 Å². The maximum atomic E-state index is 5.40. The van der Waals surface area contributed by atoms with Crippen LogP contribution >= 0.6 is 22.6 Å². The molecule has 0 spiro atoms. The highest BCUT2D eigenvalue weighted by molar-refractivity contribution is 14.1. The summed E-state index contributed by atoms with van der Waals surface area (Å²) in [6.07, 6.45) is 1.87. The highest BCUT2D eigenvalue weighted by atomic mass is 127. The quantitative estimate of drug-likeness (QED) is 0.646. The van der Waals surface area contributed by atoms with Crippen LogP contribution < -0.4 is 10.1 Å². The van der Waals surface area contributed by atoms with E-state index in [1.807, 2.05) is 30.5 Å². The van der Waals surface area contributed by atoms with Gasteiger partial charge in [0.1, 0.15) is 11.3 Å². The van der Waals surface area contributed by atoms with Crippen LogP contribution in [0.1, 0.15) is 5.56 Å². The zero-order valence-electron chi connectivity index (χ0n) is 11.9. The van der Waals surface area contributed by atoms with Crippen molar-refractivity contribution in [3.63, 3.8) is 0 Å². The van der Waals surface area contributed by atoms with Crippen LogP contribution in [0.4, 0.5) is 11.4 Å². The number of nitrogens with zero attached hydrogens (tertiary/aromatic N) is 1. The third-order valence-corrected chi connectivity index (χ3v) is 4.26. The van der Waals surface area contributed by atoms with Gasteiger partial charge in [0.05, 0.1) is 16.4 Å². The molecule has 0 fully saturated rings. The number of ether oxygens (including phenoxy) is 1. The Balaban J connectivity index is 2.18. The Bertz CT molecular complexity index is 802. The minimum Gasteiger partial charge on any atom is -0.494 e. The number of methoxy groups -OCH3 is 1. The van der Waals surface area contributed by atoms with Crippen molar-refractivity contribution >= 4 is 44.9 Å². The van der Waals surface area contributed by atoms with Crippen LogP contribution in [0.2, 0.25) is 0 Å². The number of benzene rings is 2. The molecule has 3 nitrogen and oxygen atoms in total. The van der Waals surface area contributed by atoms with Gasteiger partial charge in [-0.2, -0.15) is 0 Å². The van der Waals surface area contributed by atoms with Gasteiger partial charge in [0.25, 0.3) is 0 Å². The fourth-order valence-corrected chi connectivity index (χ4v) is 2.88. The number of fused-ring (bicyclic) bond motifs is 1. The van der Waals surface area contributed by atoms with E-state index in [9.17, 15) is 0 Å². The average molecular weight is 390 g/mol. The number of aryl methyl sites for hydroxylation is 1. The van der Waals surface area contributed by atoms with Crippen molar-refractivity contribution < 1.29 is 4.74 Å².